The van der Waals surface area contributed by atoms with Gasteiger partial charge in [0, 0.05) is 50.3 Å². The van der Waals surface area contributed by atoms with Crippen molar-refractivity contribution in [2.24, 2.45) is 0 Å². The van der Waals surface area contributed by atoms with Gasteiger partial charge in [0.2, 0.25) is 0 Å². The lowest BCUT2D eigenvalue weighted by molar-refractivity contribution is 0.0683. The van der Waals surface area contributed by atoms with Crippen molar-refractivity contribution >= 4 is 0 Å². The molecule has 3 heteroatoms. The summed E-state index contributed by atoms with van der Waals surface area (Å²) in [6, 6.07) is 1.71. The Bertz CT molecular complexity index is 254. The summed E-state index contributed by atoms with van der Waals surface area (Å²) < 4.78 is 0. The molecule has 1 aliphatic carbocycles. The van der Waals surface area contributed by atoms with Gasteiger partial charge < -0.3 is 5.32 Å². The third kappa shape index (κ3) is 1.79. The summed E-state index contributed by atoms with van der Waals surface area (Å²) in [5, 5.41) is 3.46. The molecule has 0 aromatic rings. The number of nitrogens with one attached hydrogen (secondary N) is 1. The molecule has 2 heterocycles. The molecule has 2 aliphatic heterocycles. The highest BCUT2D eigenvalue weighted by molar-refractivity contribution is 5.06. The fourth-order valence-corrected chi connectivity index (χ4v) is 3.76. The van der Waals surface area contributed by atoms with Gasteiger partial charge in [-0.3, -0.25) is 9.80 Å². The second kappa shape index (κ2) is 3.97. The highest BCUT2D eigenvalue weighted by Gasteiger charge is 2.49. The molecule has 1 unspecified atom stereocenters. The van der Waals surface area contributed by atoms with Gasteiger partial charge in [0.25, 0.3) is 0 Å². The lowest BCUT2D eigenvalue weighted by Crippen LogP contribution is -2.57. The zero-order valence-electron chi connectivity index (χ0n) is 10.7. The maximum atomic E-state index is 3.46. The highest BCUT2D eigenvalue weighted by Crippen LogP contribution is 2.41. The van der Waals surface area contributed by atoms with Crippen LogP contribution in [0.25, 0.3) is 0 Å². The SMILES string of the molecule is CC1(C)C(N2CCNCC2)CCN1C1CC1. The summed E-state index contributed by atoms with van der Waals surface area (Å²) in [5.74, 6) is 0. The summed E-state index contributed by atoms with van der Waals surface area (Å²) in [6.45, 7) is 11.1. The van der Waals surface area contributed by atoms with E-state index in [2.05, 4.69) is 29.0 Å². The van der Waals surface area contributed by atoms with E-state index in [-0.39, 0.29) is 0 Å². The van der Waals surface area contributed by atoms with E-state index in [0.717, 1.165) is 12.1 Å². The minimum absolute atomic E-state index is 0.401. The topological polar surface area (TPSA) is 18.5 Å². The Labute approximate surface area is 99.2 Å². The average molecular weight is 223 g/mol. The first-order valence-corrected chi connectivity index (χ1v) is 6.91. The average Bonchev–Trinajstić information content (AvgIpc) is 3.05. The molecule has 0 amide bonds. The molecular weight excluding hydrogens is 198 g/mol. The van der Waals surface area contributed by atoms with Crippen LogP contribution in [0.4, 0.5) is 0 Å². The molecule has 0 aromatic heterocycles. The molecule has 3 fully saturated rings. The van der Waals surface area contributed by atoms with Gasteiger partial charge in [0.05, 0.1) is 0 Å². The highest BCUT2D eigenvalue weighted by atomic mass is 15.3. The van der Waals surface area contributed by atoms with Crippen LogP contribution in [0.5, 0.6) is 0 Å². The van der Waals surface area contributed by atoms with Gasteiger partial charge in [0.1, 0.15) is 0 Å². The molecule has 3 aliphatic rings. The second-order valence-electron chi connectivity index (χ2n) is 6.17. The van der Waals surface area contributed by atoms with E-state index in [1.165, 1.54) is 52.0 Å². The number of hydrogen-bond acceptors (Lipinski definition) is 3. The maximum Gasteiger partial charge on any atom is 0.0311 e. The molecule has 0 radical (unpaired) electrons. The van der Waals surface area contributed by atoms with E-state index in [4.69, 9.17) is 0 Å². The molecule has 0 spiro atoms. The molecule has 1 saturated carbocycles. The zero-order valence-corrected chi connectivity index (χ0v) is 10.7. The number of likely N-dealkylation sites (tertiary alicyclic amines) is 1. The second-order valence-corrected chi connectivity index (χ2v) is 6.17. The van der Waals surface area contributed by atoms with Crippen LogP contribution >= 0.6 is 0 Å². The fraction of sp³-hybridized carbons (Fsp3) is 1.00. The molecule has 0 aromatic carbocycles. The quantitative estimate of drug-likeness (QED) is 0.750. The standard InChI is InChI=1S/C13H25N3/c1-13(2)12(15-9-6-14-7-10-15)5-8-16(13)11-3-4-11/h11-12,14H,3-10H2,1-2H3. The van der Waals surface area contributed by atoms with Gasteiger partial charge in [-0.15, -0.1) is 0 Å². The minimum atomic E-state index is 0.401. The predicted molar refractivity (Wildman–Crippen MR) is 66.7 cm³/mol. The minimum Gasteiger partial charge on any atom is -0.314 e. The van der Waals surface area contributed by atoms with Crippen LogP contribution < -0.4 is 5.32 Å². The van der Waals surface area contributed by atoms with Gasteiger partial charge in [-0.1, -0.05) is 0 Å². The van der Waals surface area contributed by atoms with Crippen molar-refractivity contribution in [1.82, 2.24) is 15.1 Å². The number of piperazine rings is 1. The van der Waals surface area contributed by atoms with Crippen LogP contribution in [-0.2, 0) is 0 Å². The van der Waals surface area contributed by atoms with Crippen LogP contribution in [0.15, 0.2) is 0 Å². The third-order valence-electron chi connectivity index (χ3n) is 4.78. The largest absolute Gasteiger partial charge is 0.314 e. The van der Waals surface area contributed by atoms with Gasteiger partial charge in [-0.2, -0.15) is 0 Å². The first-order valence-electron chi connectivity index (χ1n) is 6.91. The molecular formula is C13H25N3. The van der Waals surface area contributed by atoms with Gasteiger partial charge >= 0.3 is 0 Å². The Balaban J connectivity index is 1.70. The first-order chi connectivity index (χ1) is 7.69. The number of hydrogen-bond donors (Lipinski definition) is 1. The molecule has 0 bridgehead atoms. The number of rotatable bonds is 2. The van der Waals surface area contributed by atoms with Crippen molar-refractivity contribution in [2.45, 2.75) is 50.7 Å². The summed E-state index contributed by atoms with van der Waals surface area (Å²) >= 11 is 0. The van der Waals surface area contributed by atoms with Crippen molar-refractivity contribution in [2.75, 3.05) is 32.7 Å². The van der Waals surface area contributed by atoms with Crippen molar-refractivity contribution < 1.29 is 0 Å². The maximum absolute atomic E-state index is 3.46. The molecule has 1 N–H and O–H groups in total. The monoisotopic (exact) mass is 223 g/mol. The van der Waals surface area contributed by atoms with Crippen molar-refractivity contribution in [1.29, 1.82) is 0 Å². The molecule has 92 valence electrons. The Kier molecular flexibility index (Phi) is 2.73. The Morgan fingerprint density at radius 2 is 1.69 bits per heavy atom. The third-order valence-corrected chi connectivity index (χ3v) is 4.78. The van der Waals surface area contributed by atoms with E-state index in [9.17, 15) is 0 Å². The van der Waals surface area contributed by atoms with Crippen molar-refractivity contribution in [3.8, 4) is 0 Å². The van der Waals surface area contributed by atoms with Gasteiger partial charge in [0.15, 0.2) is 0 Å². The van der Waals surface area contributed by atoms with Crippen LogP contribution in [0.3, 0.4) is 0 Å². The van der Waals surface area contributed by atoms with E-state index in [0.29, 0.717) is 5.54 Å². The Morgan fingerprint density at radius 3 is 2.31 bits per heavy atom. The predicted octanol–water partition coefficient (Wildman–Crippen LogP) is 0.907. The smallest absolute Gasteiger partial charge is 0.0311 e. The van der Waals surface area contributed by atoms with Crippen LogP contribution in [0.2, 0.25) is 0 Å². The van der Waals surface area contributed by atoms with Crippen molar-refractivity contribution in [3.63, 3.8) is 0 Å². The summed E-state index contributed by atoms with van der Waals surface area (Å²) in [4.78, 5) is 5.50. The molecule has 3 rings (SSSR count). The van der Waals surface area contributed by atoms with E-state index in [1.54, 1.807) is 0 Å². The normalized spacial score (nSPS) is 36.8. The molecule has 16 heavy (non-hydrogen) atoms. The van der Waals surface area contributed by atoms with E-state index >= 15 is 0 Å². The van der Waals surface area contributed by atoms with Gasteiger partial charge in [-0.25, -0.2) is 0 Å². The van der Waals surface area contributed by atoms with E-state index < -0.39 is 0 Å². The summed E-state index contributed by atoms with van der Waals surface area (Å²) in [6.07, 6.45) is 4.26. The molecule has 2 saturated heterocycles. The first kappa shape index (κ1) is 11.0. The molecule has 1 atom stereocenters. The van der Waals surface area contributed by atoms with Crippen LogP contribution in [-0.4, -0.2) is 60.1 Å². The van der Waals surface area contributed by atoms with Gasteiger partial charge in [-0.05, 0) is 33.1 Å². The lowest BCUT2D eigenvalue weighted by Gasteiger charge is -2.43. The van der Waals surface area contributed by atoms with E-state index in [1.807, 2.05) is 0 Å². The zero-order chi connectivity index (χ0) is 11.2. The lowest BCUT2D eigenvalue weighted by atomic mass is 9.93. The summed E-state index contributed by atoms with van der Waals surface area (Å²) in [5.41, 5.74) is 0.401. The summed E-state index contributed by atoms with van der Waals surface area (Å²) in [7, 11) is 0. The van der Waals surface area contributed by atoms with Crippen molar-refractivity contribution in [3.05, 3.63) is 0 Å². The number of nitrogens with zero attached hydrogens (tertiary/aromatic N) is 2. The Morgan fingerprint density at radius 1 is 1.00 bits per heavy atom. The molecule has 3 nitrogen and oxygen atoms in total. The van der Waals surface area contributed by atoms with Crippen LogP contribution in [0.1, 0.15) is 33.1 Å². The van der Waals surface area contributed by atoms with Crippen LogP contribution in [0, 0.1) is 0 Å². The Hall–Kier alpha value is -0.120. The fourth-order valence-electron chi connectivity index (χ4n) is 3.76.